The first-order valence-electron chi connectivity index (χ1n) is 9.10. The number of fused-ring (bicyclic) bond motifs is 1. The van der Waals surface area contributed by atoms with Crippen LogP contribution in [0.15, 0.2) is 48.5 Å². The van der Waals surface area contributed by atoms with Crippen molar-refractivity contribution in [3.63, 3.8) is 0 Å². The van der Waals surface area contributed by atoms with Gasteiger partial charge in [-0.05, 0) is 50.5 Å². The van der Waals surface area contributed by atoms with E-state index < -0.39 is 0 Å². The van der Waals surface area contributed by atoms with Crippen LogP contribution >= 0.6 is 0 Å². The van der Waals surface area contributed by atoms with Crippen molar-refractivity contribution in [2.45, 2.75) is 32.6 Å². The van der Waals surface area contributed by atoms with Gasteiger partial charge in [0.05, 0.1) is 11.1 Å². The number of nitrogens with zero attached hydrogens (tertiary/aromatic N) is 1. The highest BCUT2D eigenvalue weighted by Crippen LogP contribution is 2.40. The summed E-state index contributed by atoms with van der Waals surface area (Å²) in [5.41, 5.74) is 9.85. The van der Waals surface area contributed by atoms with Crippen LogP contribution in [0.4, 0.5) is 0 Å². The summed E-state index contributed by atoms with van der Waals surface area (Å²) in [5, 5.41) is 0.778. The van der Waals surface area contributed by atoms with Crippen molar-refractivity contribution in [1.29, 1.82) is 0 Å². The molecular weight excluding hydrogens is 338 g/mol. The molecule has 4 rings (SSSR count). The molecule has 3 aromatic rings. The lowest BCUT2D eigenvalue weighted by molar-refractivity contribution is 0.0847. The number of rotatable bonds is 3. The van der Waals surface area contributed by atoms with Gasteiger partial charge in [-0.15, -0.1) is 0 Å². The Hall–Kier alpha value is -3.21. The van der Waals surface area contributed by atoms with E-state index in [2.05, 4.69) is 15.8 Å². The van der Waals surface area contributed by atoms with Gasteiger partial charge < -0.3 is 0 Å². The number of hydrazine groups is 1. The molecule has 0 saturated heterocycles. The number of para-hydroxylation sites is 1. The molecule has 5 nitrogen and oxygen atoms in total. The van der Waals surface area contributed by atoms with Crippen molar-refractivity contribution in [1.82, 2.24) is 15.8 Å². The molecule has 1 aliphatic carbocycles. The molecule has 1 fully saturated rings. The van der Waals surface area contributed by atoms with E-state index >= 15 is 0 Å². The summed E-state index contributed by atoms with van der Waals surface area (Å²) in [4.78, 5) is 29.9. The fourth-order valence-corrected chi connectivity index (χ4v) is 3.29. The summed E-state index contributed by atoms with van der Waals surface area (Å²) in [6.45, 7) is 3.85. The van der Waals surface area contributed by atoms with Crippen LogP contribution < -0.4 is 10.9 Å². The Balaban J connectivity index is 1.57. The smallest absolute Gasteiger partial charge is 0.267 e. The number of pyridine rings is 1. The molecule has 136 valence electrons. The maximum absolute atomic E-state index is 12.8. The van der Waals surface area contributed by atoms with Crippen LogP contribution in [-0.4, -0.2) is 16.8 Å². The van der Waals surface area contributed by atoms with Crippen LogP contribution in [0, 0.1) is 13.8 Å². The maximum atomic E-state index is 12.8. The van der Waals surface area contributed by atoms with Gasteiger partial charge >= 0.3 is 0 Å². The second-order valence-electron chi connectivity index (χ2n) is 7.11. The van der Waals surface area contributed by atoms with Crippen LogP contribution in [0.25, 0.3) is 10.9 Å². The van der Waals surface area contributed by atoms with E-state index in [1.165, 1.54) is 0 Å². The van der Waals surface area contributed by atoms with Gasteiger partial charge in [-0.25, -0.2) is 0 Å². The minimum absolute atomic E-state index is 0.332. The number of aromatic nitrogens is 1. The molecule has 0 unspecified atom stereocenters. The van der Waals surface area contributed by atoms with Gasteiger partial charge in [-0.3, -0.25) is 25.4 Å². The summed E-state index contributed by atoms with van der Waals surface area (Å²) in [7, 11) is 0. The fraction of sp³-hybridized carbons (Fsp3) is 0.227. The molecule has 1 aliphatic rings. The van der Waals surface area contributed by atoms with Crippen LogP contribution in [0.5, 0.6) is 0 Å². The molecule has 2 amide bonds. The molecule has 0 spiro atoms. The lowest BCUT2D eigenvalue weighted by Crippen LogP contribution is -2.42. The Labute approximate surface area is 157 Å². The monoisotopic (exact) mass is 359 g/mol. The third kappa shape index (κ3) is 3.53. The predicted molar refractivity (Wildman–Crippen MR) is 105 cm³/mol. The average Bonchev–Trinajstić information content (AvgIpc) is 3.50. The molecule has 1 aromatic heterocycles. The summed E-state index contributed by atoms with van der Waals surface area (Å²) < 4.78 is 0. The third-order valence-electron chi connectivity index (χ3n) is 4.89. The lowest BCUT2D eigenvalue weighted by Gasteiger charge is -2.12. The van der Waals surface area contributed by atoms with Crippen molar-refractivity contribution < 1.29 is 9.59 Å². The van der Waals surface area contributed by atoms with Crippen molar-refractivity contribution >= 4 is 22.7 Å². The highest BCUT2D eigenvalue weighted by molar-refractivity contribution is 6.07. The quantitative estimate of drug-likeness (QED) is 0.699. The Bertz CT molecular complexity index is 1050. The Kier molecular flexibility index (Phi) is 4.36. The van der Waals surface area contributed by atoms with E-state index in [-0.39, 0.29) is 11.8 Å². The van der Waals surface area contributed by atoms with Gasteiger partial charge in [0, 0.05) is 22.6 Å². The van der Waals surface area contributed by atoms with E-state index in [0.29, 0.717) is 17.0 Å². The highest BCUT2D eigenvalue weighted by atomic mass is 16.2. The average molecular weight is 359 g/mol. The summed E-state index contributed by atoms with van der Waals surface area (Å²) >= 11 is 0. The summed E-state index contributed by atoms with van der Waals surface area (Å²) in [5.74, 6) is -0.235. The molecule has 2 aromatic carbocycles. The number of hydrogen-bond donors (Lipinski definition) is 2. The van der Waals surface area contributed by atoms with E-state index in [0.717, 1.165) is 40.6 Å². The fourth-order valence-electron chi connectivity index (χ4n) is 3.29. The zero-order valence-electron chi connectivity index (χ0n) is 15.4. The first kappa shape index (κ1) is 17.2. The predicted octanol–water partition coefficient (Wildman–Crippen LogP) is 3.80. The second kappa shape index (κ2) is 6.83. The van der Waals surface area contributed by atoms with Gasteiger partial charge in [0.15, 0.2) is 0 Å². The largest absolute Gasteiger partial charge is 0.270 e. The normalized spacial score (nSPS) is 13.4. The molecule has 5 heteroatoms. The number of hydrogen-bond acceptors (Lipinski definition) is 3. The van der Waals surface area contributed by atoms with Gasteiger partial charge in [-0.2, -0.15) is 0 Å². The Morgan fingerprint density at radius 3 is 2.33 bits per heavy atom. The van der Waals surface area contributed by atoms with Gasteiger partial charge in [0.25, 0.3) is 11.8 Å². The Morgan fingerprint density at radius 2 is 1.63 bits per heavy atom. The van der Waals surface area contributed by atoms with E-state index in [1.807, 2.05) is 56.3 Å². The molecule has 1 saturated carbocycles. The number of benzene rings is 2. The van der Waals surface area contributed by atoms with E-state index in [9.17, 15) is 9.59 Å². The number of aryl methyl sites for hydroxylation is 2. The zero-order valence-corrected chi connectivity index (χ0v) is 15.4. The number of carbonyl (C=O) groups excluding carboxylic acids is 2. The molecule has 0 radical (unpaired) electrons. The van der Waals surface area contributed by atoms with Crippen LogP contribution in [0.2, 0.25) is 0 Å². The molecule has 2 N–H and O–H groups in total. The van der Waals surface area contributed by atoms with E-state index in [1.54, 1.807) is 6.07 Å². The first-order valence-corrected chi connectivity index (χ1v) is 9.10. The molecule has 0 bridgehead atoms. The molecule has 27 heavy (non-hydrogen) atoms. The van der Waals surface area contributed by atoms with Gasteiger partial charge in [0.1, 0.15) is 0 Å². The third-order valence-corrected chi connectivity index (χ3v) is 4.89. The summed E-state index contributed by atoms with van der Waals surface area (Å²) in [6, 6.07) is 15.0. The van der Waals surface area contributed by atoms with Crippen LogP contribution in [0.1, 0.15) is 56.3 Å². The van der Waals surface area contributed by atoms with Gasteiger partial charge in [-0.1, -0.05) is 35.9 Å². The number of carbonyl (C=O) groups is 2. The van der Waals surface area contributed by atoms with Crippen molar-refractivity contribution in [2.24, 2.45) is 0 Å². The highest BCUT2D eigenvalue weighted by Gasteiger charge is 2.27. The standard InChI is InChI=1S/C22H21N3O2/c1-13-7-10-16(14(2)11-13)21(26)24-25-22(27)18-12-20(15-8-9-15)23-19-6-4-3-5-17(18)19/h3-7,10-12,15H,8-9H2,1-2H3,(H,24,26)(H,25,27). The first-order chi connectivity index (χ1) is 13.0. The minimum Gasteiger partial charge on any atom is -0.267 e. The van der Waals surface area contributed by atoms with Crippen LogP contribution in [-0.2, 0) is 0 Å². The van der Waals surface area contributed by atoms with Crippen molar-refractivity contribution in [2.75, 3.05) is 0 Å². The maximum Gasteiger partial charge on any atom is 0.270 e. The number of amides is 2. The van der Waals surface area contributed by atoms with E-state index in [4.69, 9.17) is 0 Å². The topological polar surface area (TPSA) is 71.1 Å². The SMILES string of the molecule is Cc1ccc(C(=O)NNC(=O)c2cc(C3CC3)nc3ccccc23)c(C)c1. The number of nitrogens with one attached hydrogen (secondary N) is 2. The lowest BCUT2D eigenvalue weighted by atomic mass is 10.1. The minimum atomic E-state index is -0.339. The zero-order chi connectivity index (χ0) is 19.0. The molecule has 0 aliphatic heterocycles. The second-order valence-corrected chi connectivity index (χ2v) is 7.11. The van der Waals surface area contributed by atoms with Crippen molar-refractivity contribution in [3.05, 3.63) is 76.5 Å². The molecule has 0 atom stereocenters. The van der Waals surface area contributed by atoms with Crippen molar-refractivity contribution in [3.8, 4) is 0 Å². The van der Waals surface area contributed by atoms with Gasteiger partial charge in [0.2, 0.25) is 0 Å². The Morgan fingerprint density at radius 1 is 0.926 bits per heavy atom. The summed E-state index contributed by atoms with van der Waals surface area (Å²) in [6.07, 6.45) is 2.21. The van der Waals surface area contributed by atoms with Crippen LogP contribution in [0.3, 0.4) is 0 Å². The molecule has 1 heterocycles. The molecular formula is C22H21N3O2.